The van der Waals surface area contributed by atoms with Gasteiger partial charge in [0.15, 0.2) is 5.65 Å². The molecule has 16 heavy (non-hydrogen) atoms. The van der Waals surface area contributed by atoms with Crippen LogP contribution < -0.4 is 0 Å². The first-order chi connectivity index (χ1) is 7.90. The van der Waals surface area contributed by atoms with Crippen molar-refractivity contribution in [3.05, 3.63) is 42.5 Å². The number of nitrogens with zero attached hydrogens (tertiary/aromatic N) is 3. The molecule has 4 heteroatoms. The third kappa shape index (κ3) is 1.23. The number of imidazole rings is 1. The van der Waals surface area contributed by atoms with Crippen LogP contribution in [0.25, 0.3) is 17.0 Å². The maximum Gasteiger partial charge on any atom is 0.206 e. The van der Waals surface area contributed by atoms with Gasteiger partial charge in [0.2, 0.25) is 5.88 Å². The molecule has 3 rings (SSSR count). The fraction of sp³-hybridized carbons (Fsp3) is 0.167. The quantitative estimate of drug-likeness (QED) is 0.657. The molecular weight excluding hydrogens is 202 g/mol. The van der Waals surface area contributed by atoms with Crippen LogP contribution in [-0.4, -0.2) is 14.5 Å². The molecule has 0 N–H and O–H groups in total. The Morgan fingerprint density at radius 1 is 1.31 bits per heavy atom. The fourth-order valence-electron chi connectivity index (χ4n) is 1.83. The van der Waals surface area contributed by atoms with Gasteiger partial charge in [0.05, 0.1) is 6.26 Å². The molecule has 0 bridgehead atoms. The third-order valence-electron chi connectivity index (χ3n) is 2.53. The Balaban J connectivity index is 2.36. The van der Waals surface area contributed by atoms with Crippen molar-refractivity contribution in [3.8, 4) is 5.88 Å². The standard InChI is InChI=1S/C12H11N3O/c1-2-10-14-9-5-3-7-13-12(9)15(10)11-6-4-8-16-11/h3-8H,2H2,1H3. The monoisotopic (exact) mass is 213 g/mol. The summed E-state index contributed by atoms with van der Waals surface area (Å²) in [7, 11) is 0. The van der Waals surface area contributed by atoms with E-state index in [-0.39, 0.29) is 0 Å². The van der Waals surface area contributed by atoms with Crippen LogP contribution >= 0.6 is 0 Å². The predicted octanol–water partition coefficient (Wildman–Crippen LogP) is 2.58. The van der Waals surface area contributed by atoms with Crippen LogP contribution in [0.2, 0.25) is 0 Å². The summed E-state index contributed by atoms with van der Waals surface area (Å²) in [5.41, 5.74) is 1.74. The van der Waals surface area contributed by atoms with Crippen molar-refractivity contribution in [2.24, 2.45) is 0 Å². The average molecular weight is 213 g/mol. The van der Waals surface area contributed by atoms with Crippen LogP contribution in [0.5, 0.6) is 0 Å². The molecule has 80 valence electrons. The second-order valence-electron chi connectivity index (χ2n) is 3.51. The molecule has 0 amide bonds. The summed E-state index contributed by atoms with van der Waals surface area (Å²) in [5, 5.41) is 0. The van der Waals surface area contributed by atoms with Crippen molar-refractivity contribution >= 4 is 11.2 Å². The molecule has 0 aliphatic heterocycles. The van der Waals surface area contributed by atoms with E-state index < -0.39 is 0 Å². The molecule has 0 fully saturated rings. The van der Waals surface area contributed by atoms with Gasteiger partial charge >= 0.3 is 0 Å². The molecule has 4 nitrogen and oxygen atoms in total. The summed E-state index contributed by atoms with van der Waals surface area (Å²) < 4.78 is 7.37. The number of hydrogen-bond acceptors (Lipinski definition) is 3. The fourth-order valence-corrected chi connectivity index (χ4v) is 1.83. The molecule has 0 atom stereocenters. The van der Waals surface area contributed by atoms with Gasteiger partial charge in [0, 0.05) is 18.7 Å². The minimum Gasteiger partial charge on any atom is -0.448 e. The van der Waals surface area contributed by atoms with Crippen LogP contribution in [0.4, 0.5) is 0 Å². The van der Waals surface area contributed by atoms with Crippen molar-refractivity contribution in [3.63, 3.8) is 0 Å². The highest BCUT2D eigenvalue weighted by Crippen LogP contribution is 2.20. The lowest BCUT2D eigenvalue weighted by Crippen LogP contribution is -1.99. The normalized spacial score (nSPS) is 11.1. The zero-order chi connectivity index (χ0) is 11.0. The highest BCUT2D eigenvalue weighted by atomic mass is 16.3. The Labute approximate surface area is 92.6 Å². The number of pyridine rings is 1. The zero-order valence-electron chi connectivity index (χ0n) is 8.92. The molecule has 0 unspecified atom stereocenters. The topological polar surface area (TPSA) is 43.9 Å². The highest BCUT2D eigenvalue weighted by molar-refractivity contribution is 5.73. The summed E-state index contributed by atoms with van der Waals surface area (Å²) in [6.07, 6.45) is 4.27. The van der Waals surface area contributed by atoms with E-state index in [4.69, 9.17) is 4.42 Å². The maximum absolute atomic E-state index is 5.41. The first-order valence-electron chi connectivity index (χ1n) is 5.26. The van der Waals surface area contributed by atoms with Gasteiger partial charge < -0.3 is 4.42 Å². The Hall–Kier alpha value is -2.10. The summed E-state index contributed by atoms with van der Waals surface area (Å²) in [6.45, 7) is 2.07. The molecular formula is C12H11N3O. The van der Waals surface area contributed by atoms with Crippen molar-refractivity contribution in [1.29, 1.82) is 0 Å². The minimum absolute atomic E-state index is 0.762. The Bertz CT molecular complexity index is 610. The van der Waals surface area contributed by atoms with Crippen molar-refractivity contribution in [2.75, 3.05) is 0 Å². The predicted molar refractivity (Wildman–Crippen MR) is 60.5 cm³/mol. The van der Waals surface area contributed by atoms with Crippen molar-refractivity contribution in [1.82, 2.24) is 14.5 Å². The van der Waals surface area contributed by atoms with Crippen LogP contribution in [0.3, 0.4) is 0 Å². The largest absolute Gasteiger partial charge is 0.448 e. The van der Waals surface area contributed by atoms with Gasteiger partial charge in [-0.1, -0.05) is 6.92 Å². The van der Waals surface area contributed by atoms with E-state index in [1.165, 1.54) is 0 Å². The number of rotatable bonds is 2. The summed E-state index contributed by atoms with van der Waals surface area (Å²) in [6, 6.07) is 7.63. The molecule has 0 aliphatic carbocycles. The number of aryl methyl sites for hydroxylation is 1. The molecule has 3 heterocycles. The first-order valence-corrected chi connectivity index (χ1v) is 5.26. The van der Waals surface area contributed by atoms with Gasteiger partial charge in [-0.15, -0.1) is 0 Å². The molecule has 0 radical (unpaired) electrons. The van der Waals surface area contributed by atoms with E-state index in [0.29, 0.717) is 0 Å². The third-order valence-corrected chi connectivity index (χ3v) is 2.53. The van der Waals surface area contributed by atoms with E-state index >= 15 is 0 Å². The SMILES string of the molecule is CCc1nc2cccnc2n1-c1ccco1. The molecule has 0 saturated carbocycles. The minimum atomic E-state index is 0.762. The van der Waals surface area contributed by atoms with Crippen LogP contribution in [-0.2, 0) is 6.42 Å². The highest BCUT2D eigenvalue weighted by Gasteiger charge is 2.12. The Morgan fingerprint density at radius 3 is 3.00 bits per heavy atom. The van der Waals surface area contributed by atoms with E-state index in [0.717, 1.165) is 29.3 Å². The average Bonchev–Trinajstić information content (AvgIpc) is 2.94. The zero-order valence-corrected chi connectivity index (χ0v) is 8.92. The number of furan rings is 1. The second kappa shape index (κ2) is 3.48. The van der Waals surface area contributed by atoms with E-state index in [1.807, 2.05) is 28.8 Å². The first kappa shape index (κ1) is 9.15. The lowest BCUT2D eigenvalue weighted by molar-refractivity contribution is 0.536. The Kier molecular flexibility index (Phi) is 1.99. The van der Waals surface area contributed by atoms with Crippen LogP contribution in [0.15, 0.2) is 41.1 Å². The van der Waals surface area contributed by atoms with Gasteiger partial charge in [-0.25, -0.2) is 14.5 Å². The molecule has 3 aromatic heterocycles. The maximum atomic E-state index is 5.41. The number of fused-ring (bicyclic) bond motifs is 1. The number of hydrogen-bond donors (Lipinski definition) is 0. The molecule has 0 aromatic carbocycles. The van der Waals surface area contributed by atoms with Gasteiger partial charge in [-0.2, -0.15) is 0 Å². The van der Waals surface area contributed by atoms with Gasteiger partial charge in [-0.05, 0) is 18.2 Å². The van der Waals surface area contributed by atoms with Crippen molar-refractivity contribution < 1.29 is 4.42 Å². The summed E-state index contributed by atoms with van der Waals surface area (Å²) >= 11 is 0. The van der Waals surface area contributed by atoms with E-state index in [2.05, 4.69) is 16.9 Å². The number of aromatic nitrogens is 3. The van der Waals surface area contributed by atoms with Gasteiger partial charge in [-0.3, -0.25) is 0 Å². The molecule has 0 spiro atoms. The van der Waals surface area contributed by atoms with Crippen LogP contribution in [0.1, 0.15) is 12.7 Å². The molecule has 3 aromatic rings. The van der Waals surface area contributed by atoms with Gasteiger partial charge in [0.1, 0.15) is 11.3 Å². The lowest BCUT2D eigenvalue weighted by atomic mass is 10.4. The van der Waals surface area contributed by atoms with Crippen LogP contribution in [0, 0.1) is 0 Å². The van der Waals surface area contributed by atoms with E-state index in [9.17, 15) is 0 Å². The van der Waals surface area contributed by atoms with Crippen molar-refractivity contribution in [2.45, 2.75) is 13.3 Å². The van der Waals surface area contributed by atoms with Gasteiger partial charge in [0.25, 0.3) is 0 Å². The smallest absolute Gasteiger partial charge is 0.206 e. The summed E-state index contributed by atoms with van der Waals surface area (Å²) in [4.78, 5) is 8.87. The molecule has 0 saturated heterocycles. The van der Waals surface area contributed by atoms with E-state index in [1.54, 1.807) is 12.5 Å². The lowest BCUT2D eigenvalue weighted by Gasteiger charge is -2.02. The molecule has 0 aliphatic rings. The summed E-state index contributed by atoms with van der Waals surface area (Å²) in [5.74, 6) is 1.72. The Morgan fingerprint density at radius 2 is 2.25 bits per heavy atom. The second-order valence-corrected chi connectivity index (χ2v) is 3.51.